The number of hydrogen-bond donors (Lipinski definition) is 2. The van der Waals surface area contributed by atoms with Crippen molar-refractivity contribution >= 4 is 52.0 Å². The SMILES string of the molecule is C=CC(=O)N1CCN(C(=O)N(C)[C@H](C(=O)N[C@H]2Cc3nc(cs3)-c3ccc4c(c3)c(c(-c3cccnc3[C@H](C)OC)n4CC)CC(C)(C)COC(=O)[C@@H]3CCCN(N3)C2=O)C(C)C)[C@@H](C)C1. The molecular formula is C49H65N9O7S. The van der Waals surface area contributed by atoms with Gasteiger partial charge >= 0.3 is 12.0 Å². The molecule has 16 nitrogen and oxygen atoms in total. The molecule has 0 saturated carbocycles. The van der Waals surface area contributed by atoms with Crippen molar-refractivity contribution in [3.63, 3.8) is 0 Å². The van der Waals surface area contributed by atoms with Gasteiger partial charge in [0.05, 0.1) is 34.8 Å². The highest BCUT2D eigenvalue weighted by Crippen LogP contribution is 2.42. The number of fused-ring (bicyclic) bond motifs is 6. The van der Waals surface area contributed by atoms with Crippen LogP contribution in [0.1, 0.15) is 83.7 Å². The van der Waals surface area contributed by atoms with E-state index in [0.29, 0.717) is 57.0 Å². The number of hydrogen-bond acceptors (Lipinski definition) is 11. The summed E-state index contributed by atoms with van der Waals surface area (Å²) in [7, 11) is 3.28. The number of ether oxygens (including phenoxy) is 2. The molecule has 3 aliphatic heterocycles. The van der Waals surface area contributed by atoms with E-state index in [1.807, 2.05) is 39.1 Å². The number of esters is 1. The Hall–Kier alpha value is -5.65. The second-order valence-corrected chi connectivity index (χ2v) is 19.8. The van der Waals surface area contributed by atoms with E-state index >= 15 is 0 Å². The van der Waals surface area contributed by atoms with Crippen LogP contribution in [0.5, 0.6) is 0 Å². The van der Waals surface area contributed by atoms with Gasteiger partial charge in [-0.25, -0.2) is 15.2 Å². The van der Waals surface area contributed by atoms with Gasteiger partial charge in [0.15, 0.2) is 0 Å². The first-order valence-corrected chi connectivity index (χ1v) is 23.9. The van der Waals surface area contributed by atoms with Gasteiger partial charge in [0, 0.05) is 98.4 Å². The first-order chi connectivity index (χ1) is 31.5. The van der Waals surface area contributed by atoms with Crippen molar-refractivity contribution in [1.82, 2.24) is 45.0 Å². The summed E-state index contributed by atoms with van der Waals surface area (Å²) in [6, 6.07) is 6.93. The topological polar surface area (TPSA) is 172 Å². The maximum absolute atomic E-state index is 14.6. The lowest BCUT2D eigenvalue weighted by atomic mass is 9.84. The molecule has 1 aromatic carbocycles. The molecule has 5 amide bonds. The van der Waals surface area contributed by atoms with Crippen molar-refractivity contribution in [2.45, 2.75) is 111 Å². The van der Waals surface area contributed by atoms with E-state index in [-0.39, 0.29) is 43.0 Å². The summed E-state index contributed by atoms with van der Waals surface area (Å²) in [5, 5.41) is 8.10. The lowest BCUT2D eigenvalue weighted by molar-refractivity contribution is -0.155. The molecule has 5 atom stereocenters. The van der Waals surface area contributed by atoms with Gasteiger partial charge in [0.2, 0.25) is 11.8 Å². The molecule has 17 heteroatoms. The maximum atomic E-state index is 14.6. The van der Waals surface area contributed by atoms with Crippen molar-refractivity contribution in [2.75, 3.05) is 46.9 Å². The van der Waals surface area contributed by atoms with Crippen LogP contribution in [0, 0.1) is 11.3 Å². The Balaban J connectivity index is 1.26. The Morgan fingerprint density at radius 1 is 1.15 bits per heavy atom. The molecule has 4 aromatic rings. The van der Waals surface area contributed by atoms with Crippen LogP contribution in [0.2, 0.25) is 0 Å². The zero-order valence-electron chi connectivity index (χ0n) is 39.8. The number of methoxy groups -OCH3 is 1. The highest BCUT2D eigenvalue weighted by Gasteiger charge is 2.40. The molecule has 3 aliphatic rings. The summed E-state index contributed by atoms with van der Waals surface area (Å²) in [5.74, 6) is -1.90. The third-order valence-electron chi connectivity index (χ3n) is 13.1. The minimum absolute atomic E-state index is 0.0703. The Morgan fingerprint density at radius 2 is 1.92 bits per heavy atom. The minimum atomic E-state index is -1.09. The molecule has 6 heterocycles. The largest absolute Gasteiger partial charge is 0.464 e. The summed E-state index contributed by atoms with van der Waals surface area (Å²) < 4.78 is 14.2. The van der Waals surface area contributed by atoms with E-state index in [1.54, 1.807) is 30.2 Å². The minimum Gasteiger partial charge on any atom is -0.464 e. The standard InChI is InChI=1S/C49H65N9O7S/c1-11-41(59)55-21-22-57(30(5)26-55)48(63)54(9)43(29(3)4)45(60)52-37-24-40-51-38(27-66-40)32-17-18-39-34(23-32)35(44(56(39)12-2)33-15-13-19-50-42(33)31(6)64-10)25-49(7,8)28-65-47(62)36-16-14-20-58(53-36)46(37)61/h11,13,15,17-19,23,27,29-31,36-37,43,53H,1,12,14,16,20-22,24-26,28H2,2-10H3,(H,52,60)/t30-,31-,36-,37-,43-/m0/s1. The molecule has 0 unspecified atom stereocenters. The third-order valence-corrected chi connectivity index (χ3v) is 14.0. The number of aryl methyl sites for hydroxylation is 1. The van der Waals surface area contributed by atoms with Crippen LogP contribution in [-0.4, -0.2) is 135 Å². The predicted octanol–water partition coefficient (Wildman–Crippen LogP) is 6.00. The average Bonchev–Trinajstić information content (AvgIpc) is 3.90. The fourth-order valence-electron chi connectivity index (χ4n) is 9.64. The summed E-state index contributed by atoms with van der Waals surface area (Å²) in [4.78, 5) is 84.1. The van der Waals surface area contributed by atoms with Gasteiger partial charge in [-0.15, -0.1) is 11.3 Å². The number of carbonyl (C=O) groups excluding carboxylic acids is 5. The van der Waals surface area contributed by atoms with Gasteiger partial charge in [-0.3, -0.25) is 29.2 Å². The van der Waals surface area contributed by atoms with E-state index in [1.165, 1.54) is 27.3 Å². The number of pyridine rings is 1. The van der Waals surface area contributed by atoms with Gasteiger partial charge < -0.3 is 34.1 Å². The fraction of sp³-hybridized carbons (Fsp3) is 0.531. The monoisotopic (exact) mass is 923 g/mol. The number of nitrogens with one attached hydrogen (secondary N) is 2. The fourth-order valence-corrected chi connectivity index (χ4v) is 10.5. The summed E-state index contributed by atoms with van der Waals surface area (Å²) >= 11 is 1.40. The lowest BCUT2D eigenvalue weighted by Crippen LogP contribution is -2.63. The van der Waals surface area contributed by atoms with E-state index in [2.05, 4.69) is 66.9 Å². The molecule has 66 heavy (non-hydrogen) atoms. The number of hydrazine groups is 1. The van der Waals surface area contributed by atoms with Gasteiger partial charge in [-0.1, -0.05) is 40.3 Å². The Kier molecular flexibility index (Phi) is 14.7. The smallest absolute Gasteiger partial charge is 0.324 e. The van der Waals surface area contributed by atoms with Crippen LogP contribution in [0.4, 0.5) is 4.79 Å². The summed E-state index contributed by atoms with van der Waals surface area (Å²) in [6.07, 6.45) is 4.44. The van der Waals surface area contributed by atoms with Crippen LogP contribution >= 0.6 is 11.3 Å². The molecule has 0 spiro atoms. The van der Waals surface area contributed by atoms with Crippen LogP contribution in [-0.2, 0) is 48.0 Å². The second-order valence-electron chi connectivity index (χ2n) is 18.9. The molecule has 2 fully saturated rings. The van der Waals surface area contributed by atoms with Gasteiger partial charge in [-0.05, 0) is 81.9 Å². The second kappa shape index (κ2) is 20.1. The van der Waals surface area contributed by atoms with E-state index in [9.17, 15) is 24.0 Å². The first-order valence-electron chi connectivity index (χ1n) is 23.0. The molecule has 3 aromatic heterocycles. The van der Waals surface area contributed by atoms with Crippen molar-refractivity contribution < 1.29 is 33.4 Å². The summed E-state index contributed by atoms with van der Waals surface area (Å²) in [5.41, 5.74) is 9.25. The number of carbonyl (C=O) groups is 5. The number of aromatic nitrogens is 3. The number of urea groups is 1. The van der Waals surface area contributed by atoms with Crippen molar-refractivity contribution in [3.05, 3.63) is 70.8 Å². The number of rotatable bonds is 9. The number of likely N-dealkylation sites (N-methyl/N-ethyl adjacent to an activating group) is 1. The number of thiazole rings is 1. The number of piperazine rings is 1. The van der Waals surface area contributed by atoms with Crippen molar-refractivity contribution in [1.29, 1.82) is 0 Å². The zero-order chi connectivity index (χ0) is 47.6. The molecule has 354 valence electrons. The maximum Gasteiger partial charge on any atom is 0.324 e. The Labute approximate surface area is 391 Å². The molecular weight excluding hydrogens is 859 g/mol. The van der Waals surface area contributed by atoms with E-state index < -0.39 is 41.3 Å². The quantitative estimate of drug-likeness (QED) is 0.150. The molecule has 7 rings (SSSR count). The Morgan fingerprint density at radius 3 is 2.62 bits per heavy atom. The Bertz CT molecular complexity index is 2480. The molecule has 6 bridgehead atoms. The van der Waals surface area contributed by atoms with Crippen molar-refractivity contribution in [3.8, 4) is 22.5 Å². The number of nitrogens with zero attached hydrogens (tertiary/aromatic N) is 7. The molecule has 0 radical (unpaired) electrons. The number of benzene rings is 1. The summed E-state index contributed by atoms with van der Waals surface area (Å²) in [6.45, 7) is 19.6. The van der Waals surface area contributed by atoms with Gasteiger partial charge in [0.1, 0.15) is 18.1 Å². The highest BCUT2D eigenvalue weighted by atomic mass is 32.1. The molecule has 2 saturated heterocycles. The van der Waals surface area contributed by atoms with E-state index in [4.69, 9.17) is 19.4 Å². The average molecular weight is 924 g/mol. The normalized spacial score (nSPS) is 21.2. The van der Waals surface area contributed by atoms with Crippen LogP contribution in [0.3, 0.4) is 0 Å². The first kappa shape index (κ1) is 48.3. The lowest BCUT2D eigenvalue weighted by Gasteiger charge is -2.43. The van der Waals surface area contributed by atoms with Gasteiger partial charge in [0.25, 0.3) is 5.91 Å². The number of amides is 5. The zero-order valence-corrected chi connectivity index (χ0v) is 40.6. The number of cyclic esters (lactones) is 1. The van der Waals surface area contributed by atoms with Crippen LogP contribution in [0.15, 0.2) is 54.6 Å². The van der Waals surface area contributed by atoms with Gasteiger partial charge in [-0.2, -0.15) is 0 Å². The third kappa shape index (κ3) is 9.88. The van der Waals surface area contributed by atoms with Crippen molar-refractivity contribution in [2.24, 2.45) is 11.3 Å². The molecule has 2 N–H and O–H groups in total. The van der Waals surface area contributed by atoms with Crippen LogP contribution in [0.25, 0.3) is 33.4 Å². The highest BCUT2D eigenvalue weighted by molar-refractivity contribution is 7.10. The van der Waals surface area contributed by atoms with Crippen LogP contribution < -0.4 is 10.7 Å². The predicted molar refractivity (Wildman–Crippen MR) is 254 cm³/mol. The molecule has 0 aliphatic carbocycles. The van der Waals surface area contributed by atoms with E-state index in [0.717, 1.165) is 44.7 Å².